The maximum atomic E-state index is 14.9. The molecule has 0 fully saturated rings. The number of aryl methyl sites for hydroxylation is 3. The van der Waals surface area contributed by atoms with Crippen LogP contribution in [-0.2, 0) is 55.0 Å². The van der Waals surface area contributed by atoms with Gasteiger partial charge in [-0.1, -0.05) is 24.3 Å². The van der Waals surface area contributed by atoms with E-state index in [2.05, 4.69) is 0 Å². The molecule has 0 aliphatic heterocycles. The molecule has 23 heteroatoms. The van der Waals surface area contributed by atoms with Crippen LogP contribution >= 0.6 is 0 Å². The molecule has 0 unspecified atom stereocenters. The molecule has 0 saturated carbocycles. The fourth-order valence-electron chi connectivity index (χ4n) is 4.68. The minimum Gasteiger partial charge on any atom is -0.748 e. The van der Waals surface area contributed by atoms with Gasteiger partial charge in [0.1, 0.15) is 11.5 Å². The first kappa shape index (κ1) is 51.4. The minimum atomic E-state index is -6.21. The van der Waals surface area contributed by atoms with Gasteiger partial charge in [0.05, 0.1) is 30.4 Å². The smallest absolute Gasteiger partial charge is 0.748 e. The second-order valence-corrected chi connectivity index (χ2v) is 14.4. The Labute approximate surface area is 395 Å². The van der Waals surface area contributed by atoms with Crippen molar-refractivity contribution in [2.24, 2.45) is 0 Å². The van der Waals surface area contributed by atoms with Crippen LogP contribution in [0.15, 0.2) is 30.3 Å². The van der Waals surface area contributed by atoms with Crippen molar-refractivity contribution in [2.75, 3.05) is 17.3 Å². The fourth-order valence-corrected chi connectivity index (χ4v) is 6.17. The van der Waals surface area contributed by atoms with Crippen molar-refractivity contribution in [2.45, 2.75) is 56.3 Å². The van der Waals surface area contributed by atoms with E-state index in [9.17, 15) is 75.5 Å². The van der Waals surface area contributed by atoms with E-state index in [-0.39, 0.29) is 154 Å². The van der Waals surface area contributed by atoms with Gasteiger partial charge in [0.2, 0.25) is 5.41 Å². The molecule has 47 heavy (non-hydrogen) atoms. The molecule has 11 nitrogen and oxygen atoms in total. The van der Waals surface area contributed by atoms with E-state index in [0.717, 1.165) is 0 Å². The first-order valence-electron chi connectivity index (χ1n) is 12.4. The first-order chi connectivity index (χ1) is 19.8. The second kappa shape index (κ2) is 20.1. The molecule has 0 aliphatic carbocycles. The Morgan fingerprint density at radius 3 is 1.19 bits per heavy atom. The molecule has 0 amide bonds. The number of halogens is 6. The normalized spacial score (nSPS) is 12.9. The molecule has 2 rings (SSSR count). The fraction of sp³-hybridized carbons (Fsp3) is 0.500. The molecule has 0 heterocycles. The van der Waals surface area contributed by atoms with E-state index >= 15 is 0 Å². The van der Waals surface area contributed by atoms with Crippen LogP contribution in [0.2, 0.25) is 0 Å². The summed E-state index contributed by atoms with van der Waals surface area (Å²) in [7, 11) is -14.6. The maximum absolute atomic E-state index is 14.9. The minimum absolute atomic E-state index is 0. The molecule has 0 bridgehead atoms. The van der Waals surface area contributed by atoms with Crippen molar-refractivity contribution in [1.29, 1.82) is 0 Å². The number of phenolic OH excluding ortho intramolecular Hbond substituents is 2. The summed E-state index contributed by atoms with van der Waals surface area (Å²) in [6.07, 6.45) is -16.3. The summed E-state index contributed by atoms with van der Waals surface area (Å²) in [5, 5.41) is 20.7. The Morgan fingerprint density at radius 1 is 0.553 bits per heavy atom. The van der Waals surface area contributed by atoms with Crippen LogP contribution in [-0.4, -0.2) is 78.7 Å². The van der Waals surface area contributed by atoms with E-state index in [1.165, 1.54) is 0 Å². The third-order valence-corrected chi connectivity index (χ3v) is 8.95. The molecule has 2 N–H and O–H groups in total. The van der Waals surface area contributed by atoms with Crippen LogP contribution in [0, 0.1) is 0 Å². The zero-order chi connectivity index (χ0) is 33.9. The molecule has 0 saturated heterocycles. The van der Waals surface area contributed by atoms with Crippen LogP contribution in [0.1, 0.15) is 47.1 Å². The van der Waals surface area contributed by atoms with Gasteiger partial charge in [-0.05, 0) is 72.4 Å². The van der Waals surface area contributed by atoms with E-state index in [1.54, 1.807) is 0 Å². The van der Waals surface area contributed by atoms with Crippen LogP contribution < -0.4 is 154 Å². The van der Waals surface area contributed by atoms with Gasteiger partial charge in [-0.25, -0.2) is 25.3 Å². The van der Waals surface area contributed by atoms with Gasteiger partial charge in [0.25, 0.3) is 0 Å². The molecule has 0 atom stereocenters. The zero-order valence-corrected chi connectivity index (χ0v) is 37.1. The summed E-state index contributed by atoms with van der Waals surface area (Å²) in [6, 6.07) is 1.75. The third kappa shape index (κ3) is 15.3. The predicted molar refractivity (Wildman–Crippen MR) is 138 cm³/mol. The number of hydrogen-bond acceptors (Lipinski definition) is 11. The van der Waals surface area contributed by atoms with E-state index < -0.39 is 143 Å². The van der Waals surface area contributed by atoms with Gasteiger partial charge in [-0.15, -0.1) is 0 Å². The zero-order valence-electron chi connectivity index (χ0n) is 25.3. The summed E-state index contributed by atoms with van der Waals surface area (Å²) < 4.78 is 188. The van der Waals surface area contributed by atoms with Crippen LogP contribution in [0.3, 0.4) is 0 Å². The summed E-state index contributed by atoms with van der Waals surface area (Å²) in [6.45, 7) is 0. The van der Waals surface area contributed by atoms with Crippen molar-refractivity contribution >= 4 is 30.4 Å². The van der Waals surface area contributed by atoms with Gasteiger partial charge in [0, 0.05) is 17.3 Å². The standard InChI is InChI=1S/C24H28F6O11S3.3K/c25-23(26,27)22(24(28,29)30,18-7-8-20(31)15(12-18)4-1-9-42(33,34)35)19-13-16(5-2-10-43(36,37)38)21(32)17(14-19)6-3-11-44(39,40)41;;;/h7-8,12-14,31-32H,1-6,9-11H2,(H,33,34,35)(H,36,37,38)(H,39,40,41);;;/q;3*+1/p-3. The topological polar surface area (TPSA) is 212 Å². The van der Waals surface area contributed by atoms with E-state index in [1.807, 2.05) is 0 Å². The van der Waals surface area contributed by atoms with Gasteiger partial charge >= 0.3 is 167 Å². The third-order valence-electron chi connectivity index (χ3n) is 6.59. The molecule has 0 aliphatic rings. The molecule has 0 radical (unpaired) electrons. The van der Waals surface area contributed by atoms with Gasteiger partial charge in [0.15, 0.2) is 0 Å². The van der Waals surface area contributed by atoms with Crippen LogP contribution in [0.5, 0.6) is 11.5 Å². The maximum Gasteiger partial charge on any atom is 1.00 e. The number of hydrogen-bond donors (Lipinski definition) is 2. The predicted octanol–water partition coefficient (Wildman–Crippen LogP) is -6.05. The monoisotopic (exact) mass is 816 g/mol. The number of rotatable bonds is 14. The van der Waals surface area contributed by atoms with Crippen molar-refractivity contribution in [3.63, 3.8) is 0 Å². The van der Waals surface area contributed by atoms with Crippen molar-refractivity contribution in [1.82, 2.24) is 0 Å². The Bertz CT molecular complexity index is 1610. The average molecular weight is 817 g/mol. The largest absolute Gasteiger partial charge is 1.00 e. The van der Waals surface area contributed by atoms with Gasteiger partial charge in [-0.2, -0.15) is 26.3 Å². The number of alkyl halides is 6. The summed E-state index contributed by atoms with van der Waals surface area (Å²) >= 11 is 0. The van der Waals surface area contributed by atoms with Gasteiger partial charge in [-0.3, -0.25) is 0 Å². The molecular weight excluding hydrogens is 792 g/mol. The van der Waals surface area contributed by atoms with E-state index in [0.29, 0.717) is 30.3 Å². The molecule has 0 spiro atoms. The Kier molecular flexibility index (Phi) is 21.9. The SMILES string of the molecule is O=S(=O)([O-])CCCc1cc(C(c2cc(CCCS(=O)(=O)[O-])c(O)c(CCCS(=O)(=O)[O-])c2)(C(F)(F)F)C(F)(F)F)ccc1O.[K+].[K+].[K+]. The number of aromatic hydroxyl groups is 2. The Hall–Kier alpha value is 2.26. The molecule has 2 aromatic carbocycles. The molecule has 2 aromatic rings. The Morgan fingerprint density at radius 2 is 0.872 bits per heavy atom. The van der Waals surface area contributed by atoms with Crippen LogP contribution in [0.4, 0.5) is 26.3 Å². The second-order valence-electron chi connectivity index (χ2n) is 9.83. The quantitative estimate of drug-likeness (QED) is 0.104. The van der Waals surface area contributed by atoms with Gasteiger partial charge < -0.3 is 23.9 Å². The van der Waals surface area contributed by atoms with Crippen molar-refractivity contribution < 1.29 is 230 Å². The molecular formula is C24H25F6K3O11S3. The average Bonchev–Trinajstić information content (AvgIpc) is 2.79. The molecule has 0 aromatic heterocycles. The summed E-state index contributed by atoms with van der Waals surface area (Å²) in [5.41, 5.74) is -9.84. The number of phenols is 2. The summed E-state index contributed by atoms with van der Waals surface area (Å²) in [5.74, 6) is -4.94. The number of benzene rings is 2. The first-order valence-corrected chi connectivity index (χ1v) is 17.1. The van der Waals surface area contributed by atoms with Crippen LogP contribution in [0.25, 0.3) is 0 Å². The summed E-state index contributed by atoms with van der Waals surface area (Å²) in [4.78, 5) is 0. The Balaban J connectivity index is 0. The van der Waals surface area contributed by atoms with Crippen molar-refractivity contribution in [3.8, 4) is 11.5 Å². The van der Waals surface area contributed by atoms with E-state index in [4.69, 9.17) is 0 Å². The molecule has 250 valence electrons. The van der Waals surface area contributed by atoms with Crippen molar-refractivity contribution in [3.05, 3.63) is 58.1 Å².